The molecule has 0 spiro atoms. The fourth-order valence-electron chi connectivity index (χ4n) is 9.70. The lowest BCUT2D eigenvalue weighted by Crippen LogP contribution is -2.60. The molecule has 5 heteroatoms. The second-order valence-electron chi connectivity index (χ2n) is 15.7. The molecule has 3 aliphatic heterocycles. The molecule has 0 saturated heterocycles. The Bertz CT molecular complexity index is 2990. The van der Waals surface area contributed by atoms with Gasteiger partial charge in [0.1, 0.15) is 23.0 Å². The molecule has 0 unspecified atom stereocenters. The Morgan fingerprint density at radius 3 is 1.93 bits per heavy atom. The molecule has 11 rings (SSSR count). The third-order valence-corrected chi connectivity index (χ3v) is 12.3. The lowest BCUT2D eigenvalue weighted by Gasteiger charge is -2.42. The van der Waals surface area contributed by atoms with Gasteiger partial charge < -0.3 is 19.3 Å². The number of nitrogens with zero attached hydrogens (tertiary/aromatic N) is 2. The number of rotatable bonds is 6. The molecule has 0 radical (unpaired) electrons. The molecule has 3 heterocycles. The predicted molar refractivity (Wildman–Crippen MR) is 243 cm³/mol. The maximum absolute atomic E-state index is 7.04. The summed E-state index contributed by atoms with van der Waals surface area (Å²) in [6.07, 6.45) is 3.97. The minimum absolute atomic E-state index is 0.106. The molecule has 58 heavy (non-hydrogen) atoms. The molecule has 0 bridgehead atoms. The molecule has 0 atom stereocenters. The summed E-state index contributed by atoms with van der Waals surface area (Å²) in [7, 11) is 0. The molecule has 0 amide bonds. The molecular formula is C53H39BN2O2. The molecule has 276 valence electrons. The lowest BCUT2D eigenvalue weighted by atomic mass is 9.33. The minimum atomic E-state index is -0.208. The van der Waals surface area contributed by atoms with Crippen molar-refractivity contribution in [2.45, 2.75) is 19.3 Å². The maximum atomic E-state index is 7.04. The number of ether oxygens (including phenoxy) is 2. The van der Waals surface area contributed by atoms with Crippen LogP contribution in [0.3, 0.4) is 0 Å². The van der Waals surface area contributed by atoms with Gasteiger partial charge in [0.2, 0.25) is 0 Å². The highest BCUT2D eigenvalue weighted by atomic mass is 16.5. The first-order valence-electron chi connectivity index (χ1n) is 19.9. The molecule has 8 aromatic rings. The van der Waals surface area contributed by atoms with Crippen LogP contribution < -0.4 is 35.7 Å². The highest BCUT2D eigenvalue weighted by molar-refractivity contribution is 7.00. The summed E-state index contributed by atoms with van der Waals surface area (Å²) in [6, 6.07) is 57.9. The van der Waals surface area contributed by atoms with Crippen LogP contribution in [0.1, 0.15) is 36.1 Å². The third kappa shape index (κ3) is 4.89. The Kier molecular flexibility index (Phi) is 7.58. The van der Waals surface area contributed by atoms with Gasteiger partial charge in [0, 0.05) is 68.4 Å². The van der Waals surface area contributed by atoms with E-state index in [-0.39, 0.29) is 12.1 Å². The van der Waals surface area contributed by atoms with Gasteiger partial charge in [-0.2, -0.15) is 0 Å². The highest BCUT2D eigenvalue weighted by Crippen LogP contribution is 2.51. The van der Waals surface area contributed by atoms with Gasteiger partial charge in [-0.1, -0.05) is 136 Å². The number of anilines is 6. The summed E-state index contributed by atoms with van der Waals surface area (Å²) in [6.45, 7) is 13.1. The number of fused-ring (bicyclic) bond motifs is 8. The average molecular weight is 747 g/mol. The fraction of sp³-hybridized carbons (Fsp3) is 0.0566. The van der Waals surface area contributed by atoms with Crippen LogP contribution in [-0.2, 0) is 5.41 Å². The van der Waals surface area contributed by atoms with E-state index in [2.05, 4.69) is 195 Å². The van der Waals surface area contributed by atoms with E-state index < -0.39 is 0 Å². The van der Waals surface area contributed by atoms with Crippen LogP contribution in [0.15, 0.2) is 177 Å². The van der Waals surface area contributed by atoms with E-state index >= 15 is 0 Å². The van der Waals surface area contributed by atoms with E-state index in [1.54, 1.807) is 0 Å². The second-order valence-corrected chi connectivity index (χ2v) is 15.7. The molecule has 0 N–H and O–H groups in total. The van der Waals surface area contributed by atoms with Gasteiger partial charge >= 0.3 is 0 Å². The van der Waals surface area contributed by atoms with Crippen molar-refractivity contribution in [3.63, 3.8) is 0 Å². The maximum Gasteiger partial charge on any atom is 0.257 e. The Balaban J connectivity index is 1.13. The van der Waals surface area contributed by atoms with Crippen LogP contribution in [0.25, 0.3) is 22.9 Å². The Morgan fingerprint density at radius 2 is 1.16 bits per heavy atom. The first-order chi connectivity index (χ1) is 28.5. The number of para-hydroxylation sites is 3. The van der Waals surface area contributed by atoms with Gasteiger partial charge in [0.15, 0.2) is 0 Å². The molecule has 8 aromatic carbocycles. The Hall–Kier alpha value is -7.24. The summed E-state index contributed by atoms with van der Waals surface area (Å²) < 4.78 is 13.7. The van der Waals surface area contributed by atoms with Crippen molar-refractivity contribution in [1.82, 2.24) is 0 Å². The fourth-order valence-corrected chi connectivity index (χ4v) is 9.70. The molecular weight excluding hydrogens is 707 g/mol. The summed E-state index contributed by atoms with van der Waals surface area (Å²) >= 11 is 0. The van der Waals surface area contributed by atoms with Gasteiger partial charge in [-0.05, 0) is 87.3 Å². The summed E-state index contributed by atoms with van der Waals surface area (Å²) in [5, 5.41) is 2.34. The number of hydrogen-bond donors (Lipinski definition) is 0. The van der Waals surface area contributed by atoms with Crippen molar-refractivity contribution in [1.29, 1.82) is 0 Å². The number of hydrogen-bond acceptors (Lipinski definition) is 4. The van der Waals surface area contributed by atoms with Gasteiger partial charge in [-0.15, -0.1) is 0 Å². The zero-order valence-corrected chi connectivity index (χ0v) is 32.4. The van der Waals surface area contributed by atoms with Crippen LogP contribution in [0.2, 0.25) is 0 Å². The first-order valence-corrected chi connectivity index (χ1v) is 19.9. The topological polar surface area (TPSA) is 24.9 Å². The Labute approximate surface area is 339 Å². The van der Waals surface area contributed by atoms with E-state index in [1.165, 1.54) is 16.4 Å². The van der Waals surface area contributed by atoms with E-state index in [1.807, 2.05) is 18.2 Å². The van der Waals surface area contributed by atoms with Crippen molar-refractivity contribution in [2.75, 3.05) is 9.80 Å². The minimum Gasteiger partial charge on any atom is -0.458 e. The van der Waals surface area contributed by atoms with Crippen LogP contribution in [0, 0.1) is 0 Å². The average Bonchev–Trinajstić information content (AvgIpc) is 3.26. The lowest BCUT2D eigenvalue weighted by molar-refractivity contribution is 0.418. The van der Waals surface area contributed by atoms with E-state index in [0.717, 1.165) is 90.1 Å². The Morgan fingerprint density at radius 1 is 0.534 bits per heavy atom. The largest absolute Gasteiger partial charge is 0.458 e. The SMILES string of the molecule is C=Cc1c2c(c3ccccc3c1C=C)B1c3ccc(N(c4ccccc4)c4ccc5c(c4)Oc4ccccc4C5(C)C)cc3Oc3cccc(c31)N2c1ccccc1. The quantitative estimate of drug-likeness (QED) is 0.158. The zero-order valence-electron chi connectivity index (χ0n) is 32.4. The standard InChI is InChI=1S/C53H39BN2O2/c1-5-38-39(6-2)52-50(41-23-14-13-22-40(38)41)54-44-31-29-37(33-49(44)58-47-27-17-25-45(51(47)54)56(52)35-20-11-8-12-21-35)55(34-18-9-7-10-19-34)36-28-30-43-48(32-36)57-46-26-16-15-24-42(46)53(43,3)4/h5-33H,1-2H2,3-4H3. The van der Waals surface area contributed by atoms with Crippen molar-refractivity contribution in [3.05, 3.63) is 199 Å². The summed E-state index contributed by atoms with van der Waals surface area (Å²) in [4.78, 5) is 4.68. The van der Waals surface area contributed by atoms with Gasteiger partial charge in [-0.3, -0.25) is 0 Å². The van der Waals surface area contributed by atoms with E-state index in [9.17, 15) is 0 Å². The van der Waals surface area contributed by atoms with Crippen LogP contribution in [0.5, 0.6) is 23.0 Å². The van der Waals surface area contributed by atoms with Crippen LogP contribution in [-0.4, -0.2) is 6.71 Å². The highest BCUT2D eigenvalue weighted by Gasteiger charge is 2.44. The molecule has 0 aromatic heterocycles. The molecule has 0 saturated carbocycles. The summed E-state index contributed by atoms with van der Waals surface area (Å²) in [5.74, 6) is 3.44. The molecule has 3 aliphatic rings. The van der Waals surface area contributed by atoms with E-state index in [4.69, 9.17) is 9.47 Å². The first kappa shape index (κ1) is 34.0. The monoisotopic (exact) mass is 746 g/mol. The van der Waals surface area contributed by atoms with Gasteiger partial charge in [0.05, 0.1) is 0 Å². The zero-order chi connectivity index (χ0) is 39.1. The van der Waals surface area contributed by atoms with E-state index in [0.29, 0.717) is 0 Å². The van der Waals surface area contributed by atoms with Gasteiger partial charge in [0.25, 0.3) is 6.71 Å². The second kappa shape index (κ2) is 12.9. The molecule has 0 fully saturated rings. The van der Waals surface area contributed by atoms with Crippen molar-refractivity contribution < 1.29 is 9.47 Å². The van der Waals surface area contributed by atoms with Crippen molar-refractivity contribution >= 4 is 80.1 Å². The predicted octanol–water partition coefficient (Wildman–Crippen LogP) is 12.4. The molecule has 4 nitrogen and oxygen atoms in total. The normalized spacial score (nSPS) is 13.8. The molecule has 0 aliphatic carbocycles. The number of benzene rings is 8. The van der Waals surface area contributed by atoms with Crippen LogP contribution >= 0.6 is 0 Å². The van der Waals surface area contributed by atoms with Crippen molar-refractivity contribution in [3.8, 4) is 23.0 Å². The summed E-state index contributed by atoms with van der Waals surface area (Å²) in [5.41, 5.74) is 14.1. The smallest absolute Gasteiger partial charge is 0.257 e. The van der Waals surface area contributed by atoms with Crippen molar-refractivity contribution in [2.24, 2.45) is 0 Å². The van der Waals surface area contributed by atoms with Gasteiger partial charge in [-0.25, -0.2) is 0 Å². The third-order valence-electron chi connectivity index (χ3n) is 12.3. The van der Waals surface area contributed by atoms with Crippen LogP contribution in [0.4, 0.5) is 34.1 Å².